The number of amides is 1. The lowest BCUT2D eigenvalue weighted by Crippen LogP contribution is -2.46. The molecule has 0 spiro atoms. The molecule has 0 aliphatic carbocycles. The number of primary amides is 1. The standard InChI is InChI=1S/C27H24N10O3/c1-26(2,3)37-20-7-5-15(16-11-31-25(30)32-12-16)9-19(20)35-23(37)18-8-14(10-28)4-6-17(18)21(22(29)38)27(24(39)40)33-13-34-36-27/h4-9,11-13,21H,1-3H3,(H2,29,38)(H,39,40)(H2,30,31,32). The summed E-state index contributed by atoms with van der Waals surface area (Å²) in [4.78, 5) is 42.3. The summed E-state index contributed by atoms with van der Waals surface area (Å²) in [6, 6.07) is 12.3. The highest BCUT2D eigenvalue weighted by Crippen LogP contribution is 2.42. The lowest BCUT2D eigenvalue weighted by molar-refractivity contribution is -0.146. The number of aliphatic carboxylic acids is 1. The van der Waals surface area contributed by atoms with E-state index in [1.54, 1.807) is 18.5 Å². The number of hydrogen-bond donors (Lipinski definition) is 3. The lowest BCUT2D eigenvalue weighted by Gasteiger charge is -2.29. The van der Waals surface area contributed by atoms with Crippen LogP contribution in [0.4, 0.5) is 5.95 Å². The third kappa shape index (κ3) is 4.21. The number of aliphatic imine (C=N–C) groups is 1. The van der Waals surface area contributed by atoms with E-state index in [2.05, 4.69) is 31.3 Å². The van der Waals surface area contributed by atoms with E-state index >= 15 is 0 Å². The normalized spacial score (nSPS) is 17.1. The maximum atomic E-state index is 12.9. The number of anilines is 1. The van der Waals surface area contributed by atoms with E-state index in [1.807, 2.05) is 43.5 Å². The third-order valence-electron chi connectivity index (χ3n) is 6.58. The minimum Gasteiger partial charge on any atom is -0.478 e. The summed E-state index contributed by atoms with van der Waals surface area (Å²) in [5, 5.41) is 27.2. The molecule has 0 fully saturated rings. The van der Waals surface area contributed by atoms with Crippen molar-refractivity contribution < 1.29 is 14.7 Å². The van der Waals surface area contributed by atoms with Crippen LogP contribution in [0.1, 0.15) is 37.8 Å². The molecule has 1 aliphatic heterocycles. The highest BCUT2D eigenvalue weighted by molar-refractivity contribution is 5.96. The van der Waals surface area contributed by atoms with Gasteiger partial charge in [-0.2, -0.15) is 5.26 Å². The van der Waals surface area contributed by atoms with E-state index in [9.17, 15) is 20.0 Å². The fraction of sp³-hybridized carbons (Fsp3) is 0.222. The van der Waals surface area contributed by atoms with Gasteiger partial charge < -0.3 is 21.1 Å². The first-order valence-electron chi connectivity index (χ1n) is 12.1. The molecule has 2 unspecified atom stereocenters. The first-order valence-corrected chi connectivity index (χ1v) is 12.1. The van der Waals surface area contributed by atoms with Crippen LogP contribution >= 0.6 is 0 Å². The van der Waals surface area contributed by atoms with Gasteiger partial charge in [-0.15, -0.1) is 10.2 Å². The zero-order chi connectivity index (χ0) is 28.8. The van der Waals surface area contributed by atoms with Crippen molar-refractivity contribution in [3.8, 4) is 28.6 Å². The second kappa shape index (κ2) is 9.35. The van der Waals surface area contributed by atoms with Gasteiger partial charge >= 0.3 is 5.97 Å². The van der Waals surface area contributed by atoms with Gasteiger partial charge in [0, 0.05) is 29.1 Å². The van der Waals surface area contributed by atoms with Crippen LogP contribution in [0.5, 0.6) is 0 Å². The summed E-state index contributed by atoms with van der Waals surface area (Å²) < 4.78 is 1.95. The number of fused-ring (bicyclic) bond motifs is 1. The summed E-state index contributed by atoms with van der Waals surface area (Å²) in [5.74, 6) is -3.47. The van der Waals surface area contributed by atoms with Crippen molar-refractivity contribution in [3.05, 3.63) is 59.9 Å². The van der Waals surface area contributed by atoms with E-state index in [0.29, 0.717) is 16.9 Å². The van der Waals surface area contributed by atoms with E-state index in [1.165, 1.54) is 12.1 Å². The van der Waals surface area contributed by atoms with Crippen molar-refractivity contribution >= 4 is 35.2 Å². The predicted octanol–water partition coefficient (Wildman–Crippen LogP) is 3.21. The monoisotopic (exact) mass is 536 g/mol. The minimum atomic E-state index is -2.30. The SMILES string of the molecule is CC(C)(C)n1c(-c2cc(C#N)ccc2C(C(N)=O)C2(C(=O)O)N=CN=N2)nc2cc(-c3cnc(N)nc3)ccc21. The van der Waals surface area contributed by atoms with Crippen molar-refractivity contribution in [2.45, 2.75) is 37.9 Å². The zero-order valence-electron chi connectivity index (χ0n) is 21.8. The number of aromatic nitrogens is 4. The Hall–Kier alpha value is -5.51. The number of nitrogen functional groups attached to an aromatic ring is 1. The molecule has 200 valence electrons. The molecule has 1 aliphatic rings. The zero-order valence-corrected chi connectivity index (χ0v) is 21.8. The van der Waals surface area contributed by atoms with Crippen LogP contribution in [-0.2, 0) is 15.1 Å². The number of nitrogens with two attached hydrogens (primary N) is 2. The minimum absolute atomic E-state index is 0.156. The van der Waals surface area contributed by atoms with Crippen molar-refractivity contribution in [2.24, 2.45) is 21.0 Å². The second-order valence-electron chi connectivity index (χ2n) is 10.2. The Kier molecular flexibility index (Phi) is 6.10. The fourth-order valence-electron chi connectivity index (χ4n) is 4.85. The van der Waals surface area contributed by atoms with Gasteiger partial charge in [0.25, 0.3) is 5.66 Å². The number of azo groups is 1. The number of carbonyl (C=O) groups is 2. The van der Waals surface area contributed by atoms with Crippen molar-refractivity contribution in [2.75, 3.05) is 5.73 Å². The van der Waals surface area contributed by atoms with Crippen molar-refractivity contribution in [1.82, 2.24) is 19.5 Å². The number of nitriles is 1. The van der Waals surface area contributed by atoms with Crippen LogP contribution in [0, 0.1) is 11.3 Å². The number of nitrogens with zero attached hydrogens (tertiary/aromatic N) is 8. The summed E-state index contributed by atoms with van der Waals surface area (Å²) in [6.07, 6.45) is 4.19. The van der Waals surface area contributed by atoms with Gasteiger partial charge in [0.05, 0.1) is 22.7 Å². The lowest BCUT2D eigenvalue weighted by atomic mass is 9.82. The topological polar surface area (TPSA) is 211 Å². The van der Waals surface area contributed by atoms with Crippen LogP contribution < -0.4 is 11.5 Å². The van der Waals surface area contributed by atoms with E-state index in [-0.39, 0.29) is 17.1 Å². The average Bonchev–Trinajstić information content (AvgIpc) is 3.55. The molecule has 5 N–H and O–H groups in total. The van der Waals surface area contributed by atoms with Gasteiger partial charge in [0.1, 0.15) is 18.1 Å². The average molecular weight is 537 g/mol. The summed E-state index contributed by atoms with van der Waals surface area (Å²) in [7, 11) is 0. The van der Waals surface area contributed by atoms with Gasteiger partial charge in [-0.25, -0.2) is 24.7 Å². The van der Waals surface area contributed by atoms with E-state index < -0.39 is 29.0 Å². The molecular formula is C27H24N10O3. The van der Waals surface area contributed by atoms with Crippen molar-refractivity contribution in [3.63, 3.8) is 0 Å². The molecule has 13 heteroatoms. The molecule has 0 radical (unpaired) electrons. The summed E-state index contributed by atoms with van der Waals surface area (Å²) in [6.45, 7) is 5.94. The third-order valence-corrected chi connectivity index (χ3v) is 6.58. The molecule has 3 heterocycles. The van der Waals surface area contributed by atoms with Gasteiger partial charge in [-0.05, 0) is 56.2 Å². The number of rotatable bonds is 6. The molecular weight excluding hydrogens is 512 g/mol. The predicted molar refractivity (Wildman–Crippen MR) is 146 cm³/mol. The molecule has 13 nitrogen and oxygen atoms in total. The molecule has 0 saturated carbocycles. The van der Waals surface area contributed by atoms with Crippen LogP contribution in [0.2, 0.25) is 0 Å². The molecule has 1 amide bonds. The Morgan fingerprint density at radius 3 is 2.40 bits per heavy atom. The Morgan fingerprint density at radius 2 is 1.82 bits per heavy atom. The van der Waals surface area contributed by atoms with Crippen LogP contribution in [-0.4, -0.2) is 48.5 Å². The molecule has 0 bridgehead atoms. The van der Waals surface area contributed by atoms with Gasteiger partial charge in [0.2, 0.25) is 11.9 Å². The van der Waals surface area contributed by atoms with Crippen molar-refractivity contribution in [1.29, 1.82) is 5.26 Å². The molecule has 4 aromatic rings. The Balaban J connectivity index is 1.81. The van der Waals surface area contributed by atoms with Crippen LogP contribution in [0.3, 0.4) is 0 Å². The van der Waals surface area contributed by atoms with E-state index in [0.717, 1.165) is 23.0 Å². The Labute approximate surface area is 227 Å². The maximum absolute atomic E-state index is 12.9. The number of benzene rings is 2. The van der Waals surface area contributed by atoms with Crippen LogP contribution in [0.25, 0.3) is 33.5 Å². The molecule has 2 aromatic heterocycles. The fourth-order valence-corrected chi connectivity index (χ4v) is 4.85. The summed E-state index contributed by atoms with van der Waals surface area (Å²) >= 11 is 0. The highest BCUT2D eigenvalue weighted by atomic mass is 16.4. The molecule has 40 heavy (non-hydrogen) atoms. The number of hydrogen-bond acceptors (Lipinski definition) is 10. The molecule has 2 atom stereocenters. The number of carbonyl (C=O) groups excluding carboxylic acids is 1. The highest BCUT2D eigenvalue weighted by Gasteiger charge is 2.53. The first kappa shape index (κ1) is 26.1. The van der Waals surface area contributed by atoms with E-state index in [4.69, 9.17) is 16.5 Å². The maximum Gasteiger partial charge on any atom is 0.357 e. The molecule has 0 saturated heterocycles. The van der Waals surface area contributed by atoms with Gasteiger partial charge in [0.15, 0.2) is 0 Å². The number of carboxylic acid groups (broad SMARTS) is 1. The first-order chi connectivity index (χ1) is 19.0. The largest absolute Gasteiger partial charge is 0.478 e. The van der Waals surface area contributed by atoms with Gasteiger partial charge in [-0.1, -0.05) is 12.1 Å². The Morgan fingerprint density at radius 1 is 1.10 bits per heavy atom. The second-order valence-corrected chi connectivity index (χ2v) is 10.2. The molecule has 5 rings (SSSR count). The number of imidazole rings is 1. The van der Waals surface area contributed by atoms with Crippen LogP contribution in [0.15, 0.2) is 64.0 Å². The Bertz CT molecular complexity index is 1760. The number of carboxylic acids is 1. The quantitative estimate of drug-likeness (QED) is 0.332. The molecule has 2 aromatic carbocycles. The smallest absolute Gasteiger partial charge is 0.357 e. The van der Waals surface area contributed by atoms with Gasteiger partial charge in [-0.3, -0.25) is 4.79 Å². The summed E-state index contributed by atoms with van der Waals surface area (Å²) in [5.41, 5.74) is 12.3.